The third kappa shape index (κ3) is 4.46. The normalized spacial score (nSPS) is 15.0. The third-order valence-corrected chi connectivity index (χ3v) is 3.95. The van der Waals surface area contributed by atoms with E-state index in [4.69, 9.17) is 16.0 Å². The van der Waals surface area contributed by atoms with Gasteiger partial charge < -0.3 is 14.6 Å². The lowest BCUT2D eigenvalue weighted by atomic mass is 10.3. The van der Waals surface area contributed by atoms with Crippen LogP contribution in [0.5, 0.6) is 0 Å². The van der Waals surface area contributed by atoms with Gasteiger partial charge in [-0.05, 0) is 24.3 Å². The standard InChI is InChI=1S/C15H17ClN6O3/c1-10(23)21-6-8-22(9-7-21)20-13(24)14-18-19-15(25-14)17-12-4-2-11(16)3-5-12/h2-5H,6-9H2,1H3,(H,17,19)(H,20,24). The summed E-state index contributed by atoms with van der Waals surface area (Å²) >= 11 is 5.82. The van der Waals surface area contributed by atoms with E-state index in [2.05, 4.69) is 20.9 Å². The van der Waals surface area contributed by atoms with E-state index in [0.29, 0.717) is 36.9 Å². The number of aromatic nitrogens is 2. The Balaban J connectivity index is 1.54. The van der Waals surface area contributed by atoms with Crippen molar-refractivity contribution in [2.24, 2.45) is 0 Å². The zero-order valence-electron chi connectivity index (χ0n) is 13.5. The fourth-order valence-electron chi connectivity index (χ4n) is 2.35. The molecule has 2 heterocycles. The molecule has 25 heavy (non-hydrogen) atoms. The van der Waals surface area contributed by atoms with Crippen LogP contribution in [0.3, 0.4) is 0 Å². The highest BCUT2D eigenvalue weighted by molar-refractivity contribution is 6.30. The Kier molecular flexibility index (Phi) is 5.15. The number of benzene rings is 1. The van der Waals surface area contributed by atoms with E-state index in [1.165, 1.54) is 6.92 Å². The predicted octanol–water partition coefficient (Wildman–Crippen LogP) is 1.28. The molecule has 1 aromatic carbocycles. The first-order valence-corrected chi connectivity index (χ1v) is 8.06. The van der Waals surface area contributed by atoms with Gasteiger partial charge in [0.1, 0.15) is 0 Å². The molecule has 0 bridgehead atoms. The van der Waals surface area contributed by atoms with Gasteiger partial charge in [-0.3, -0.25) is 15.0 Å². The van der Waals surface area contributed by atoms with E-state index < -0.39 is 5.91 Å². The van der Waals surface area contributed by atoms with Crippen LogP contribution >= 0.6 is 11.6 Å². The highest BCUT2D eigenvalue weighted by Gasteiger charge is 2.22. The summed E-state index contributed by atoms with van der Waals surface area (Å²) in [5.74, 6) is -0.612. The van der Waals surface area contributed by atoms with E-state index in [-0.39, 0.29) is 17.8 Å². The molecule has 9 nitrogen and oxygen atoms in total. The van der Waals surface area contributed by atoms with Gasteiger partial charge in [0.05, 0.1) is 0 Å². The molecule has 0 spiro atoms. The summed E-state index contributed by atoms with van der Waals surface area (Å²) in [5, 5.41) is 12.7. The van der Waals surface area contributed by atoms with E-state index in [1.807, 2.05) is 0 Å². The molecule has 2 aromatic rings. The van der Waals surface area contributed by atoms with Gasteiger partial charge in [-0.25, -0.2) is 5.01 Å². The van der Waals surface area contributed by atoms with E-state index in [0.717, 1.165) is 0 Å². The summed E-state index contributed by atoms with van der Waals surface area (Å²) in [6, 6.07) is 7.04. The molecule has 10 heteroatoms. The Labute approximate surface area is 148 Å². The quantitative estimate of drug-likeness (QED) is 0.842. The summed E-state index contributed by atoms with van der Waals surface area (Å²) < 4.78 is 5.31. The van der Waals surface area contributed by atoms with Crippen LogP contribution in [-0.2, 0) is 4.79 Å². The molecule has 0 unspecified atom stereocenters. The fourth-order valence-corrected chi connectivity index (χ4v) is 2.47. The second-order valence-corrected chi connectivity index (χ2v) is 5.91. The van der Waals surface area contributed by atoms with Gasteiger partial charge in [-0.15, -0.1) is 5.10 Å². The SMILES string of the molecule is CC(=O)N1CCN(NC(=O)c2nnc(Nc3ccc(Cl)cc3)o2)CC1. The van der Waals surface area contributed by atoms with Crippen LogP contribution in [0.15, 0.2) is 28.7 Å². The molecule has 0 aliphatic carbocycles. The average Bonchev–Trinajstić information content (AvgIpc) is 3.06. The van der Waals surface area contributed by atoms with Gasteiger partial charge >= 0.3 is 17.8 Å². The van der Waals surface area contributed by atoms with Gasteiger partial charge in [0, 0.05) is 43.8 Å². The van der Waals surface area contributed by atoms with Crippen molar-refractivity contribution < 1.29 is 14.0 Å². The van der Waals surface area contributed by atoms with Crippen molar-refractivity contribution >= 4 is 35.1 Å². The molecule has 132 valence electrons. The molecule has 2 amide bonds. The number of carbonyl (C=O) groups is 2. The molecule has 1 aliphatic rings. The maximum Gasteiger partial charge on any atom is 0.323 e. The predicted molar refractivity (Wildman–Crippen MR) is 90.3 cm³/mol. The average molecular weight is 365 g/mol. The van der Waals surface area contributed by atoms with Crippen molar-refractivity contribution in [2.75, 3.05) is 31.5 Å². The lowest BCUT2D eigenvalue weighted by molar-refractivity contribution is -0.130. The Morgan fingerprint density at radius 2 is 1.80 bits per heavy atom. The zero-order chi connectivity index (χ0) is 17.8. The minimum Gasteiger partial charge on any atom is -0.399 e. The van der Waals surface area contributed by atoms with Crippen LogP contribution in [0.25, 0.3) is 0 Å². The maximum absolute atomic E-state index is 12.2. The molecule has 2 N–H and O–H groups in total. The van der Waals surface area contributed by atoms with Gasteiger partial charge in [0.25, 0.3) is 0 Å². The van der Waals surface area contributed by atoms with E-state index in [1.54, 1.807) is 34.2 Å². The van der Waals surface area contributed by atoms with Crippen molar-refractivity contribution in [3.63, 3.8) is 0 Å². The largest absolute Gasteiger partial charge is 0.399 e. The molecule has 1 saturated heterocycles. The van der Waals surface area contributed by atoms with Crippen molar-refractivity contribution in [1.82, 2.24) is 25.5 Å². The molecule has 0 radical (unpaired) electrons. The van der Waals surface area contributed by atoms with E-state index in [9.17, 15) is 9.59 Å². The number of hydrogen-bond donors (Lipinski definition) is 2. The fraction of sp³-hybridized carbons (Fsp3) is 0.333. The number of hydrazine groups is 1. The highest BCUT2D eigenvalue weighted by Crippen LogP contribution is 2.18. The second kappa shape index (κ2) is 7.49. The number of amides is 2. The van der Waals surface area contributed by atoms with Crippen LogP contribution in [-0.4, -0.2) is 58.1 Å². The maximum atomic E-state index is 12.2. The third-order valence-electron chi connectivity index (χ3n) is 3.70. The molecule has 1 fully saturated rings. The van der Waals surface area contributed by atoms with Crippen LogP contribution in [0.2, 0.25) is 5.02 Å². The van der Waals surface area contributed by atoms with Gasteiger partial charge in [-0.2, -0.15) is 0 Å². The summed E-state index contributed by atoms with van der Waals surface area (Å²) in [4.78, 5) is 25.2. The van der Waals surface area contributed by atoms with Crippen molar-refractivity contribution in [3.8, 4) is 0 Å². The number of rotatable bonds is 4. The number of hydrogen-bond acceptors (Lipinski definition) is 7. The second-order valence-electron chi connectivity index (χ2n) is 5.48. The van der Waals surface area contributed by atoms with Crippen molar-refractivity contribution in [3.05, 3.63) is 35.2 Å². The van der Waals surface area contributed by atoms with Crippen LogP contribution in [0, 0.1) is 0 Å². The number of nitrogens with one attached hydrogen (secondary N) is 2. The number of carbonyl (C=O) groups excluding carboxylic acids is 2. The first-order chi connectivity index (χ1) is 12.0. The van der Waals surface area contributed by atoms with Gasteiger partial charge in [0.2, 0.25) is 5.91 Å². The summed E-state index contributed by atoms with van der Waals surface area (Å²) in [5.41, 5.74) is 3.40. The topological polar surface area (TPSA) is 104 Å². The smallest absolute Gasteiger partial charge is 0.323 e. The zero-order valence-corrected chi connectivity index (χ0v) is 14.3. The Hall–Kier alpha value is -2.65. The van der Waals surface area contributed by atoms with Crippen LogP contribution in [0.4, 0.5) is 11.7 Å². The molecule has 1 aromatic heterocycles. The molecule has 1 aliphatic heterocycles. The highest BCUT2D eigenvalue weighted by atomic mass is 35.5. The van der Waals surface area contributed by atoms with Gasteiger partial charge in [-0.1, -0.05) is 16.7 Å². The van der Waals surface area contributed by atoms with Gasteiger partial charge in [0.15, 0.2) is 0 Å². The van der Waals surface area contributed by atoms with Crippen LogP contribution < -0.4 is 10.7 Å². The van der Waals surface area contributed by atoms with Crippen molar-refractivity contribution in [2.45, 2.75) is 6.92 Å². The number of halogens is 1. The summed E-state index contributed by atoms with van der Waals surface area (Å²) in [6.07, 6.45) is 0. The summed E-state index contributed by atoms with van der Waals surface area (Å²) in [6.45, 7) is 3.72. The van der Waals surface area contributed by atoms with Crippen LogP contribution in [0.1, 0.15) is 17.6 Å². The molecular weight excluding hydrogens is 348 g/mol. The molecular formula is C15H17ClN6O3. The number of piperazine rings is 1. The molecule has 0 atom stereocenters. The molecule has 3 rings (SSSR count). The minimum atomic E-state index is -0.493. The Morgan fingerprint density at radius 3 is 2.44 bits per heavy atom. The Bertz CT molecular complexity index is 755. The number of anilines is 2. The van der Waals surface area contributed by atoms with E-state index >= 15 is 0 Å². The number of nitrogens with zero attached hydrogens (tertiary/aromatic N) is 4. The lowest BCUT2D eigenvalue weighted by Crippen LogP contribution is -2.54. The summed E-state index contributed by atoms with van der Waals surface area (Å²) in [7, 11) is 0. The van der Waals surface area contributed by atoms with Crippen molar-refractivity contribution in [1.29, 1.82) is 0 Å². The Morgan fingerprint density at radius 1 is 1.12 bits per heavy atom. The first-order valence-electron chi connectivity index (χ1n) is 7.69. The first kappa shape index (κ1) is 17.2. The minimum absolute atomic E-state index is 0.0285. The lowest BCUT2D eigenvalue weighted by Gasteiger charge is -2.33. The molecule has 0 saturated carbocycles. The monoisotopic (exact) mass is 364 g/mol.